The molecule has 5 heterocycles. The monoisotopic (exact) mass is 480 g/mol. The average Bonchev–Trinajstić information content (AvgIpc) is 3.61. The summed E-state index contributed by atoms with van der Waals surface area (Å²) in [5.74, 6) is 1.41. The van der Waals surface area contributed by atoms with Crippen LogP contribution in [0.2, 0.25) is 0 Å². The van der Waals surface area contributed by atoms with Crippen molar-refractivity contribution in [2.24, 2.45) is 0 Å². The lowest BCUT2D eigenvalue weighted by Gasteiger charge is -2.34. The molecular weight excluding hydrogens is 456 g/mol. The van der Waals surface area contributed by atoms with E-state index in [-0.39, 0.29) is 5.91 Å². The Kier molecular flexibility index (Phi) is 6.56. The highest BCUT2D eigenvalue weighted by molar-refractivity contribution is 7.17. The molecule has 1 fully saturated rings. The Hall–Kier alpha value is -2.95. The molecular formula is C23H24N6O2S2. The van der Waals surface area contributed by atoms with Gasteiger partial charge >= 0.3 is 0 Å². The maximum atomic E-state index is 13.1. The van der Waals surface area contributed by atoms with Crippen LogP contribution in [0.1, 0.15) is 27.7 Å². The molecule has 5 rings (SSSR count). The number of carbonyl (C=O) groups excluding carboxylic acids is 1. The number of carbonyl (C=O) groups is 1. The quantitative estimate of drug-likeness (QED) is 0.395. The van der Waals surface area contributed by atoms with Crippen LogP contribution in [0.25, 0.3) is 21.4 Å². The summed E-state index contributed by atoms with van der Waals surface area (Å²) in [6.45, 7) is 6.01. The van der Waals surface area contributed by atoms with Gasteiger partial charge in [-0.3, -0.25) is 14.7 Å². The van der Waals surface area contributed by atoms with Gasteiger partial charge in [-0.15, -0.1) is 22.7 Å². The van der Waals surface area contributed by atoms with Crippen LogP contribution >= 0.6 is 22.7 Å². The van der Waals surface area contributed by atoms with Gasteiger partial charge in [-0.1, -0.05) is 17.3 Å². The van der Waals surface area contributed by atoms with E-state index in [0.717, 1.165) is 66.8 Å². The topological polar surface area (TPSA) is 88.3 Å². The molecule has 8 nitrogen and oxygen atoms in total. The largest absolute Gasteiger partial charge is 0.339 e. The van der Waals surface area contributed by atoms with Crippen LogP contribution < -0.4 is 0 Å². The maximum absolute atomic E-state index is 13.1. The first-order chi connectivity index (χ1) is 16.2. The van der Waals surface area contributed by atoms with Crippen LogP contribution in [0.3, 0.4) is 0 Å². The number of pyridine rings is 1. The highest BCUT2D eigenvalue weighted by atomic mass is 32.1. The minimum Gasteiger partial charge on any atom is -0.339 e. The second-order valence-corrected chi connectivity index (χ2v) is 9.82. The highest BCUT2D eigenvalue weighted by Gasteiger charge is 2.25. The van der Waals surface area contributed by atoms with Gasteiger partial charge in [0.1, 0.15) is 9.88 Å². The van der Waals surface area contributed by atoms with Gasteiger partial charge in [0.15, 0.2) is 0 Å². The molecule has 1 amide bonds. The summed E-state index contributed by atoms with van der Waals surface area (Å²) in [4.78, 5) is 32.6. The van der Waals surface area contributed by atoms with Crippen molar-refractivity contribution in [2.45, 2.75) is 19.8 Å². The molecule has 0 aliphatic carbocycles. The zero-order chi connectivity index (χ0) is 22.6. The lowest BCUT2D eigenvalue weighted by molar-refractivity contribution is 0.0639. The molecule has 33 heavy (non-hydrogen) atoms. The van der Waals surface area contributed by atoms with Gasteiger partial charge < -0.3 is 9.42 Å². The van der Waals surface area contributed by atoms with Crippen LogP contribution in [0.5, 0.6) is 0 Å². The number of thiophene rings is 1. The van der Waals surface area contributed by atoms with E-state index < -0.39 is 0 Å². The predicted octanol–water partition coefficient (Wildman–Crippen LogP) is 4.02. The summed E-state index contributed by atoms with van der Waals surface area (Å²) < 4.78 is 5.39. The number of amides is 1. The number of thiazole rings is 1. The smallest absolute Gasteiger partial charge is 0.265 e. The first-order valence-electron chi connectivity index (χ1n) is 10.9. The number of hydrogen-bond acceptors (Lipinski definition) is 9. The summed E-state index contributed by atoms with van der Waals surface area (Å²) in [5.41, 5.74) is 1.58. The van der Waals surface area contributed by atoms with E-state index in [9.17, 15) is 4.79 Å². The minimum atomic E-state index is 0.0683. The van der Waals surface area contributed by atoms with E-state index in [2.05, 4.69) is 25.0 Å². The molecule has 170 valence electrons. The summed E-state index contributed by atoms with van der Waals surface area (Å²) >= 11 is 3.03. The summed E-state index contributed by atoms with van der Waals surface area (Å²) in [6, 6.07) is 9.70. The van der Waals surface area contributed by atoms with Gasteiger partial charge in [-0.2, -0.15) is 4.98 Å². The van der Waals surface area contributed by atoms with Gasteiger partial charge in [-0.05, 0) is 43.5 Å². The molecule has 0 bridgehead atoms. The number of piperazine rings is 1. The first-order valence-corrected chi connectivity index (χ1v) is 12.6. The molecule has 0 spiro atoms. The van der Waals surface area contributed by atoms with Crippen molar-refractivity contribution >= 4 is 28.6 Å². The van der Waals surface area contributed by atoms with Gasteiger partial charge in [0.05, 0.1) is 16.3 Å². The molecule has 10 heteroatoms. The molecule has 1 aliphatic rings. The molecule has 0 saturated carbocycles. The maximum Gasteiger partial charge on any atom is 0.265 e. The number of rotatable bonds is 7. The van der Waals surface area contributed by atoms with Crippen molar-refractivity contribution in [3.63, 3.8) is 0 Å². The third kappa shape index (κ3) is 5.02. The fourth-order valence-corrected chi connectivity index (χ4v) is 5.49. The Labute approximate surface area is 199 Å². The third-order valence-electron chi connectivity index (χ3n) is 5.61. The third-order valence-corrected chi connectivity index (χ3v) is 7.64. The molecule has 0 N–H and O–H groups in total. The van der Waals surface area contributed by atoms with Crippen LogP contribution in [0.15, 0.2) is 46.4 Å². The van der Waals surface area contributed by atoms with Crippen molar-refractivity contribution in [1.29, 1.82) is 0 Å². The number of hydrogen-bond donors (Lipinski definition) is 0. The Morgan fingerprint density at radius 1 is 1.12 bits per heavy atom. The van der Waals surface area contributed by atoms with Gasteiger partial charge in [0.2, 0.25) is 11.7 Å². The first kappa shape index (κ1) is 21.9. The van der Waals surface area contributed by atoms with Crippen LogP contribution in [-0.2, 0) is 6.42 Å². The summed E-state index contributed by atoms with van der Waals surface area (Å²) in [7, 11) is 0. The van der Waals surface area contributed by atoms with E-state index in [4.69, 9.17) is 4.52 Å². The predicted molar refractivity (Wildman–Crippen MR) is 128 cm³/mol. The van der Waals surface area contributed by atoms with Gasteiger partial charge in [-0.25, -0.2) is 4.98 Å². The molecule has 0 atom stereocenters. The number of aromatic nitrogens is 4. The fraction of sp³-hybridized carbons (Fsp3) is 0.348. The van der Waals surface area contributed by atoms with Crippen molar-refractivity contribution in [3.05, 3.63) is 58.4 Å². The van der Waals surface area contributed by atoms with Crippen molar-refractivity contribution in [3.8, 4) is 21.4 Å². The number of nitrogens with zero attached hydrogens (tertiary/aromatic N) is 6. The average molecular weight is 481 g/mol. The lowest BCUT2D eigenvalue weighted by atomic mass is 10.2. The standard InChI is InChI=1S/C23H24N6O2S2/c1-16-20(33-22(25-16)17-6-2-3-9-24-17)23(30)29-13-11-28(12-14-29)10-4-8-19-26-21(27-31-19)18-7-5-15-32-18/h2-3,5-7,9,15H,4,8,10-14H2,1H3. The molecule has 4 aromatic heterocycles. The van der Waals surface area contributed by atoms with E-state index in [1.165, 1.54) is 11.3 Å². The Morgan fingerprint density at radius 2 is 2.00 bits per heavy atom. The Balaban J connectivity index is 1.10. The SMILES string of the molecule is Cc1nc(-c2ccccn2)sc1C(=O)N1CCN(CCCc2nc(-c3cccs3)no2)CC1. The lowest BCUT2D eigenvalue weighted by Crippen LogP contribution is -2.48. The minimum absolute atomic E-state index is 0.0683. The number of aryl methyl sites for hydroxylation is 2. The molecule has 1 aliphatic heterocycles. The van der Waals surface area contributed by atoms with Crippen LogP contribution in [0.4, 0.5) is 0 Å². The van der Waals surface area contributed by atoms with Crippen molar-refractivity contribution < 1.29 is 9.32 Å². The van der Waals surface area contributed by atoms with Gasteiger partial charge in [0, 0.05) is 38.8 Å². The van der Waals surface area contributed by atoms with Crippen molar-refractivity contribution in [1.82, 2.24) is 29.9 Å². The van der Waals surface area contributed by atoms with E-state index in [1.807, 2.05) is 47.5 Å². The van der Waals surface area contributed by atoms with Crippen molar-refractivity contribution in [2.75, 3.05) is 32.7 Å². The molecule has 1 saturated heterocycles. The van der Waals surface area contributed by atoms with E-state index >= 15 is 0 Å². The molecule has 0 aromatic carbocycles. The fourth-order valence-electron chi connectivity index (χ4n) is 3.83. The summed E-state index contributed by atoms with van der Waals surface area (Å²) in [5, 5.41) is 6.86. The van der Waals surface area contributed by atoms with Gasteiger partial charge in [0.25, 0.3) is 5.91 Å². The molecule has 0 radical (unpaired) electrons. The Bertz CT molecular complexity index is 1200. The second kappa shape index (κ2) is 9.90. The zero-order valence-corrected chi connectivity index (χ0v) is 19.9. The zero-order valence-electron chi connectivity index (χ0n) is 18.3. The molecule has 4 aromatic rings. The Morgan fingerprint density at radius 3 is 2.76 bits per heavy atom. The normalized spacial score (nSPS) is 14.6. The second-order valence-electron chi connectivity index (χ2n) is 7.87. The van der Waals surface area contributed by atoms with E-state index in [1.54, 1.807) is 17.5 Å². The van der Waals surface area contributed by atoms with Crippen LogP contribution in [0, 0.1) is 6.92 Å². The van der Waals surface area contributed by atoms with E-state index in [0.29, 0.717) is 16.6 Å². The molecule has 0 unspecified atom stereocenters. The van der Waals surface area contributed by atoms with Crippen LogP contribution in [-0.4, -0.2) is 68.5 Å². The summed E-state index contributed by atoms with van der Waals surface area (Å²) in [6.07, 6.45) is 3.45. The highest BCUT2D eigenvalue weighted by Crippen LogP contribution is 2.28.